The first kappa shape index (κ1) is 15.8. The average molecular weight is 316 g/mol. The van der Waals surface area contributed by atoms with E-state index in [0.717, 1.165) is 31.9 Å². The van der Waals surface area contributed by atoms with E-state index in [-0.39, 0.29) is 17.9 Å². The Hall–Kier alpha value is -2.08. The zero-order valence-electron chi connectivity index (χ0n) is 13.8. The smallest absolute Gasteiger partial charge is 0.251 e. The summed E-state index contributed by atoms with van der Waals surface area (Å²) in [4.78, 5) is 30.4. The zero-order chi connectivity index (χ0) is 16.4. The van der Waals surface area contributed by atoms with E-state index < -0.39 is 0 Å². The van der Waals surface area contributed by atoms with E-state index in [1.165, 1.54) is 0 Å². The van der Waals surface area contributed by atoms with E-state index in [2.05, 4.69) is 22.2 Å². The number of benzene rings is 1. The zero-order valence-corrected chi connectivity index (χ0v) is 13.8. The van der Waals surface area contributed by atoms with Crippen molar-refractivity contribution in [3.8, 4) is 0 Å². The Kier molecular flexibility index (Phi) is 4.52. The van der Waals surface area contributed by atoms with Crippen LogP contribution >= 0.6 is 0 Å². The molecule has 2 aliphatic heterocycles. The van der Waals surface area contributed by atoms with Crippen molar-refractivity contribution in [1.29, 1.82) is 0 Å². The number of carbonyl (C=O) groups is 2. The molecule has 124 valence electrons. The Morgan fingerprint density at radius 1 is 1.04 bits per heavy atom. The van der Waals surface area contributed by atoms with Crippen LogP contribution in [0, 0.1) is 0 Å². The van der Waals surface area contributed by atoms with Crippen LogP contribution in [0.3, 0.4) is 0 Å². The summed E-state index contributed by atoms with van der Waals surface area (Å²) in [5.74, 6) is -0.184. The van der Waals surface area contributed by atoms with Crippen molar-refractivity contribution in [2.45, 2.75) is 12.5 Å². The summed E-state index contributed by atoms with van der Waals surface area (Å²) in [6, 6.07) is 7.27. The number of amides is 2. The first-order valence-corrected chi connectivity index (χ1v) is 8.14. The summed E-state index contributed by atoms with van der Waals surface area (Å²) in [6.07, 6.45) is 0.681. The quantitative estimate of drug-likeness (QED) is 0.877. The van der Waals surface area contributed by atoms with Gasteiger partial charge in [0.15, 0.2) is 0 Å². The average Bonchev–Trinajstić information content (AvgIpc) is 2.88. The third-order valence-corrected chi connectivity index (χ3v) is 4.73. The number of nitrogens with zero attached hydrogens (tertiary/aromatic N) is 3. The Labute approximate surface area is 137 Å². The molecule has 2 saturated heterocycles. The van der Waals surface area contributed by atoms with Gasteiger partial charge in [0, 0.05) is 51.0 Å². The van der Waals surface area contributed by atoms with Crippen LogP contribution in [0.25, 0.3) is 0 Å². The van der Waals surface area contributed by atoms with E-state index in [4.69, 9.17) is 0 Å². The number of hydrogen-bond donors (Lipinski definition) is 1. The lowest BCUT2D eigenvalue weighted by Crippen LogP contribution is -2.44. The molecule has 0 bridgehead atoms. The molecule has 1 N–H and O–H groups in total. The first-order valence-electron chi connectivity index (χ1n) is 8.14. The maximum atomic E-state index is 12.3. The van der Waals surface area contributed by atoms with E-state index in [0.29, 0.717) is 18.5 Å². The Morgan fingerprint density at radius 2 is 1.70 bits per heavy atom. The normalized spacial score (nSPS) is 22.5. The molecule has 2 aliphatic rings. The molecule has 2 fully saturated rings. The molecule has 3 rings (SSSR count). The highest BCUT2D eigenvalue weighted by Gasteiger charge is 2.30. The van der Waals surface area contributed by atoms with Crippen LogP contribution < -0.4 is 10.2 Å². The summed E-state index contributed by atoms with van der Waals surface area (Å²) in [5, 5.41) is 2.83. The van der Waals surface area contributed by atoms with Crippen LogP contribution in [0.5, 0.6) is 0 Å². The van der Waals surface area contributed by atoms with Gasteiger partial charge in [-0.1, -0.05) is 0 Å². The van der Waals surface area contributed by atoms with E-state index in [1.807, 2.05) is 24.3 Å². The maximum absolute atomic E-state index is 12.3. The summed E-state index contributed by atoms with van der Waals surface area (Å²) in [5.41, 5.74) is 1.75. The third-order valence-electron chi connectivity index (χ3n) is 4.73. The molecule has 1 unspecified atom stereocenters. The summed E-state index contributed by atoms with van der Waals surface area (Å²) in [7, 11) is 3.89. The fourth-order valence-corrected chi connectivity index (χ4v) is 3.09. The van der Waals surface area contributed by atoms with Gasteiger partial charge in [-0.2, -0.15) is 0 Å². The minimum Gasteiger partial charge on any atom is -0.369 e. The standard InChI is InChI=1S/C17H24N4O2/c1-19-9-11-21(12-10-19)14-5-3-13(4-6-14)16(22)18-15-7-8-20(2)17(15)23/h3-6,15H,7-12H2,1-2H3,(H,18,22). The summed E-state index contributed by atoms with van der Waals surface area (Å²) in [6.45, 7) is 4.82. The van der Waals surface area contributed by atoms with E-state index >= 15 is 0 Å². The molecule has 2 amide bonds. The van der Waals surface area contributed by atoms with Crippen LogP contribution in [0.4, 0.5) is 5.69 Å². The first-order chi connectivity index (χ1) is 11.0. The lowest BCUT2D eigenvalue weighted by atomic mass is 10.1. The molecule has 1 aromatic carbocycles. The molecule has 1 atom stereocenters. The number of likely N-dealkylation sites (N-methyl/N-ethyl adjacent to an activating group) is 2. The Balaban J connectivity index is 1.60. The van der Waals surface area contributed by atoms with Gasteiger partial charge in [-0.15, -0.1) is 0 Å². The van der Waals surface area contributed by atoms with Crippen LogP contribution in [-0.4, -0.2) is 74.5 Å². The van der Waals surface area contributed by atoms with Gasteiger partial charge in [0.2, 0.25) is 5.91 Å². The molecule has 0 aromatic heterocycles. The van der Waals surface area contributed by atoms with Crippen LogP contribution in [0.2, 0.25) is 0 Å². The predicted octanol–water partition coefficient (Wildman–Crippen LogP) is 0.399. The predicted molar refractivity (Wildman–Crippen MR) is 89.7 cm³/mol. The van der Waals surface area contributed by atoms with E-state index in [1.54, 1.807) is 11.9 Å². The summed E-state index contributed by atoms with van der Waals surface area (Å²) < 4.78 is 0. The lowest BCUT2D eigenvalue weighted by Gasteiger charge is -2.34. The van der Waals surface area contributed by atoms with E-state index in [9.17, 15) is 9.59 Å². The number of anilines is 1. The highest BCUT2D eigenvalue weighted by Crippen LogP contribution is 2.17. The molecule has 6 nitrogen and oxygen atoms in total. The minimum atomic E-state index is -0.384. The van der Waals surface area contributed by atoms with Gasteiger partial charge in [0.05, 0.1) is 0 Å². The van der Waals surface area contributed by atoms with Gasteiger partial charge in [-0.25, -0.2) is 0 Å². The van der Waals surface area contributed by atoms with Crippen molar-refractivity contribution in [1.82, 2.24) is 15.1 Å². The highest BCUT2D eigenvalue weighted by molar-refractivity contribution is 5.98. The fourth-order valence-electron chi connectivity index (χ4n) is 3.09. The van der Waals surface area contributed by atoms with Crippen molar-refractivity contribution in [2.24, 2.45) is 0 Å². The van der Waals surface area contributed by atoms with Gasteiger partial charge in [0.1, 0.15) is 6.04 Å². The second kappa shape index (κ2) is 6.58. The molecule has 0 spiro atoms. The highest BCUT2D eigenvalue weighted by atomic mass is 16.2. The second-order valence-corrected chi connectivity index (χ2v) is 6.41. The largest absolute Gasteiger partial charge is 0.369 e. The summed E-state index contributed by atoms with van der Waals surface area (Å²) >= 11 is 0. The molecule has 2 heterocycles. The third kappa shape index (κ3) is 3.47. The molecule has 23 heavy (non-hydrogen) atoms. The molecule has 0 saturated carbocycles. The van der Waals surface area contributed by atoms with Crippen molar-refractivity contribution in [3.05, 3.63) is 29.8 Å². The van der Waals surface area contributed by atoms with Crippen LogP contribution in [0.1, 0.15) is 16.8 Å². The number of nitrogens with one attached hydrogen (secondary N) is 1. The molecule has 1 aromatic rings. The monoisotopic (exact) mass is 316 g/mol. The van der Waals surface area contributed by atoms with Crippen molar-refractivity contribution >= 4 is 17.5 Å². The lowest BCUT2D eigenvalue weighted by molar-refractivity contribution is -0.128. The van der Waals surface area contributed by atoms with Gasteiger partial charge in [-0.3, -0.25) is 9.59 Å². The van der Waals surface area contributed by atoms with Crippen molar-refractivity contribution in [3.63, 3.8) is 0 Å². The second-order valence-electron chi connectivity index (χ2n) is 6.41. The minimum absolute atomic E-state index is 0.00703. The number of likely N-dealkylation sites (tertiary alicyclic amines) is 1. The number of rotatable bonds is 3. The molecular weight excluding hydrogens is 292 g/mol. The molecular formula is C17H24N4O2. The maximum Gasteiger partial charge on any atom is 0.251 e. The van der Waals surface area contributed by atoms with Crippen molar-refractivity contribution < 1.29 is 9.59 Å². The topological polar surface area (TPSA) is 55.9 Å². The Morgan fingerprint density at radius 3 is 2.26 bits per heavy atom. The number of hydrogen-bond acceptors (Lipinski definition) is 4. The SMILES string of the molecule is CN1CCN(c2ccc(C(=O)NC3CCN(C)C3=O)cc2)CC1. The van der Waals surface area contributed by atoms with Gasteiger partial charge in [0.25, 0.3) is 5.91 Å². The molecule has 6 heteroatoms. The van der Waals surface area contributed by atoms with Gasteiger partial charge in [-0.05, 0) is 37.7 Å². The Bertz CT molecular complexity index is 579. The van der Waals surface area contributed by atoms with Crippen LogP contribution in [-0.2, 0) is 4.79 Å². The fraction of sp³-hybridized carbons (Fsp3) is 0.529. The number of piperazine rings is 1. The van der Waals surface area contributed by atoms with Crippen molar-refractivity contribution in [2.75, 3.05) is 51.7 Å². The van der Waals surface area contributed by atoms with Gasteiger partial charge >= 0.3 is 0 Å². The molecule has 0 radical (unpaired) electrons. The van der Waals surface area contributed by atoms with Crippen LogP contribution in [0.15, 0.2) is 24.3 Å². The molecule has 0 aliphatic carbocycles. The number of carbonyl (C=O) groups excluding carboxylic acids is 2. The van der Waals surface area contributed by atoms with Gasteiger partial charge < -0.3 is 20.0 Å².